The molecule has 0 aliphatic heterocycles. The van der Waals surface area contributed by atoms with E-state index in [0.717, 1.165) is 22.8 Å². The maximum absolute atomic E-state index is 9.48. The van der Waals surface area contributed by atoms with Gasteiger partial charge in [-0.3, -0.25) is 0 Å². The lowest BCUT2D eigenvalue weighted by molar-refractivity contribution is 0.483. The largest absolute Gasteiger partial charge is 0.461 e. The van der Waals surface area contributed by atoms with E-state index in [1.54, 1.807) is 0 Å². The first-order chi connectivity index (χ1) is 13.6. The molecule has 0 unspecified atom stereocenters. The minimum atomic E-state index is 0.175. The third kappa shape index (κ3) is 3.44. The maximum atomic E-state index is 9.48. The van der Waals surface area contributed by atoms with Crippen LogP contribution in [0.4, 0.5) is 5.82 Å². The number of anilines is 1. The summed E-state index contributed by atoms with van der Waals surface area (Å²) in [6, 6.07) is 24.7. The summed E-state index contributed by atoms with van der Waals surface area (Å²) in [4.78, 5) is 4.39. The number of aryl methyl sites for hydroxylation is 1. The predicted octanol–water partition coefficient (Wildman–Crippen LogP) is 5.56. The number of hydrogen-bond donors (Lipinski definition) is 1. The molecule has 0 spiro atoms. The monoisotopic (exact) mass is 367 g/mol. The summed E-state index contributed by atoms with van der Waals surface area (Å²) < 4.78 is 11.5. The van der Waals surface area contributed by atoms with Gasteiger partial charge in [-0.2, -0.15) is 5.26 Å². The Hall–Kier alpha value is -4.04. The minimum Gasteiger partial charge on any atom is -0.461 e. The van der Waals surface area contributed by atoms with Crippen LogP contribution in [0.1, 0.15) is 11.3 Å². The van der Waals surface area contributed by atoms with Gasteiger partial charge >= 0.3 is 0 Å². The predicted molar refractivity (Wildman–Crippen MR) is 108 cm³/mol. The van der Waals surface area contributed by atoms with Crippen molar-refractivity contribution in [1.29, 1.82) is 5.26 Å². The molecular formula is C23H17N3O2. The number of nitrogens with two attached hydrogens (primary N) is 1. The Labute approximate surface area is 162 Å². The standard InChI is InChI=1S/C23H17N3O2/c1-15-7-12-22(27-15)19-13-21(26-23(25)20(19)14-24)16-8-10-18(11-9-16)28-17-5-3-2-4-6-17/h2-13H,1H3,(H2,25,26). The number of pyridine rings is 1. The molecule has 5 nitrogen and oxygen atoms in total. The van der Waals surface area contributed by atoms with Crippen molar-refractivity contribution in [1.82, 2.24) is 4.98 Å². The van der Waals surface area contributed by atoms with Crippen LogP contribution in [0.15, 0.2) is 77.2 Å². The quantitative estimate of drug-likeness (QED) is 0.510. The number of rotatable bonds is 4. The number of aromatic nitrogens is 1. The van der Waals surface area contributed by atoms with Gasteiger partial charge in [0.1, 0.15) is 40.5 Å². The average Bonchev–Trinajstić information content (AvgIpc) is 3.15. The molecule has 0 amide bonds. The van der Waals surface area contributed by atoms with Crippen LogP contribution >= 0.6 is 0 Å². The number of nitrogen functional groups attached to an aromatic ring is 1. The van der Waals surface area contributed by atoms with E-state index in [0.29, 0.717) is 22.6 Å². The van der Waals surface area contributed by atoms with Gasteiger partial charge in [-0.1, -0.05) is 18.2 Å². The van der Waals surface area contributed by atoms with E-state index in [2.05, 4.69) is 11.1 Å². The second kappa shape index (κ2) is 7.29. The van der Waals surface area contributed by atoms with Crippen molar-refractivity contribution in [3.8, 4) is 40.1 Å². The summed E-state index contributed by atoms with van der Waals surface area (Å²) in [6.45, 7) is 1.85. The Balaban J connectivity index is 1.69. The zero-order valence-corrected chi connectivity index (χ0v) is 15.2. The lowest BCUT2D eigenvalue weighted by Crippen LogP contribution is -1.99. The third-order valence-corrected chi connectivity index (χ3v) is 4.29. The normalized spacial score (nSPS) is 10.4. The van der Waals surface area contributed by atoms with Crippen molar-refractivity contribution in [3.05, 3.63) is 84.1 Å². The van der Waals surface area contributed by atoms with Crippen LogP contribution in [-0.2, 0) is 0 Å². The highest BCUT2D eigenvalue weighted by Gasteiger charge is 2.16. The molecule has 4 aromatic rings. The first-order valence-corrected chi connectivity index (χ1v) is 8.75. The Morgan fingerprint density at radius 3 is 2.32 bits per heavy atom. The van der Waals surface area contributed by atoms with Crippen molar-refractivity contribution in [2.24, 2.45) is 0 Å². The molecular weight excluding hydrogens is 350 g/mol. The molecule has 0 radical (unpaired) electrons. The first kappa shape index (κ1) is 17.4. The fourth-order valence-corrected chi connectivity index (χ4v) is 2.92. The third-order valence-electron chi connectivity index (χ3n) is 4.29. The fraction of sp³-hybridized carbons (Fsp3) is 0.0435. The van der Waals surface area contributed by atoms with Crippen LogP contribution in [-0.4, -0.2) is 4.98 Å². The zero-order valence-electron chi connectivity index (χ0n) is 15.2. The van der Waals surface area contributed by atoms with Crippen LogP contribution in [0.2, 0.25) is 0 Å². The fourth-order valence-electron chi connectivity index (χ4n) is 2.92. The van der Waals surface area contributed by atoms with Crippen LogP contribution < -0.4 is 10.5 Å². The highest BCUT2D eigenvalue weighted by Crippen LogP contribution is 2.33. The second-order valence-electron chi connectivity index (χ2n) is 6.28. The van der Waals surface area contributed by atoms with Crippen LogP contribution in [0.5, 0.6) is 11.5 Å². The topological polar surface area (TPSA) is 85.1 Å². The smallest absolute Gasteiger partial charge is 0.142 e. The van der Waals surface area contributed by atoms with Gasteiger partial charge in [0.15, 0.2) is 0 Å². The minimum absolute atomic E-state index is 0.175. The number of furan rings is 1. The Morgan fingerprint density at radius 1 is 0.964 bits per heavy atom. The van der Waals surface area contributed by atoms with Gasteiger partial charge in [-0.15, -0.1) is 0 Å². The molecule has 2 aromatic heterocycles. The number of nitriles is 1. The van der Waals surface area contributed by atoms with E-state index in [1.165, 1.54) is 0 Å². The summed E-state index contributed by atoms with van der Waals surface area (Å²) in [5, 5.41) is 9.48. The molecule has 0 saturated heterocycles. The lowest BCUT2D eigenvalue weighted by Gasteiger charge is -2.10. The van der Waals surface area contributed by atoms with E-state index in [1.807, 2.05) is 79.7 Å². The van der Waals surface area contributed by atoms with Gasteiger partial charge in [-0.25, -0.2) is 4.98 Å². The highest BCUT2D eigenvalue weighted by molar-refractivity contribution is 5.78. The van der Waals surface area contributed by atoms with E-state index in [9.17, 15) is 5.26 Å². The highest BCUT2D eigenvalue weighted by atomic mass is 16.5. The molecule has 2 aromatic carbocycles. The molecule has 0 bridgehead atoms. The van der Waals surface area contributed by atoms with E-state index in [4.69, 9.17) is 14.9 Å². The summed E-state index contributed by atoms with van der Waals surface area (Å²) in [7, 11) is 0. The molecule has 5 heteroatoms. The van der Waals surface area contributed by atoms with Gasteiger partial charge in [0.2, 0.25) is 0 Å². The van der Waals surface area contributed by atoms with Gasteiger partial charge in [0.25, 0.3) is 0 Å². The Morgan fingerprint density at radius 2 is 1.68 bits per heavy atom. The van der Waals surface area contributed by atoms with Crippen molar-refractivity contribution in [2.45, 2.75) is 6.92 Å². The Bertz CT molecular complexity index is 1160. The number of ether oxygens (including phenoxy) is 1. The summed E-state index contributed by atoms with van der Waals surface area (Å²) >= 11 is 0. The van der Waals surface area contributed by atoms with Crippen molar-refractivity contribution in [2.75, 3.05) is 5.73 Å². The second-order valence-corrected chi connectivity index (χ2v) is 6.28. The molecule has 0 atom stereocenters. The van der Waals surface area contributed by atoms with Crippen LogP contribution in [0.25, 0.3) is 22.6 Å². The molecule has 2 N–H and O–H groups in total. The lowest BCUT2D eigenvalue weighted by atomic mass is 10.0. The Kier molecular flexibility index (Phi) is 4.53. The zero-order chi connectivity index (χ0) is 19.5. The molecule has 136 valence electrons. The van der Waals surface area contributed by atoms with E-state index < -0.39 is 0 Å². The molecule has 28 heavy (non-hydrogen) atoms. The number of nitrogens with zero attached hydrogens (tertiary/aromatic N) is 2. The maximum Gasteiger partial charge on any atom is 0.142 e. The molecule has 0 aliphatic carbocycles. The number of para-hydroxylation sites is 1. The van der Waals surface area contributed by atoms with Crippen molar-refractivity contribution in [3.63, 3.8) is 0 Å². The van der Waals surface area contributed by atoms with Gasteiger partial charge in [0, 0.05) is 11.1 Å². The van der Waals surface area contributed by atoms with Gasteiger partial charge in [-0.05, 0) is 61.5 Å². The van der Waals surface area contributed by atoms with Gasteiger partial charge in [0.05, 0.1) is 5.69 Å². The number of hydrogen-bond acceptors (Lipinski definition) is 5. The summed E-state index contributed by atoms with van der Waals surface area (Å²) in [5.41, 5.74) is 8.50. The molecule has 2 heterocycles. The van der Waals surface area contributed by atoms with Crippen LogP contribution in [0, 0.1) is 18.3 Å². The van der Waals surface area contributed by atoms with E-state index >= 15 is 0 Å². The first-order valence-electron chi connectivity index (χ1n) is 8.75. The summed E-state index contributed by atoms with van der Waals surface area (Å²) in [6.07, 6.45) is 0. The SMILES string of the molecule is Cc1ccc(-c2cc(-c3ccc(Oc4ccccc4)cc3)nc(N)c2C#N)o1. The molecule has 0 aliphatic rings. The van der Waals surface area contributed by atoms with Gasteiger partial charge < -0.3 is 14.9 Å². The van der Waals surface area contributed by atoms with Crippen molar-refractivity contribution < 1.29 is 9.15 Å². The molecule has 4 rings (SSSR count). The number of benzene rings is 2. The summed E-state index contributed by atoms with van der Waals surface area (Å²) in [5.74, 6) is 3.02. The average molecular weight is 367 g/mol. The molecule has 0 fully saturated rings. The van der Waals surface area contributed by atoms with Crippen molar-refractivity contribution >= 4 is 5.82 Å². The van der Waals surface area contributed by atoms with Crippen LogP contribution in [0.3, 0.4) is 0 Å². The molecule has 0 saturated carbocycles. The van der Waals surface area contributed by atoms with E-state index in [-0.39, 0.29) is 5.82 Å².